The van der Waals surface area contributed by atoms with E-state index in [0.29, 0.717) is 22.7 Å². The van der Waals surface area contributed by atoms with Crippen molar-refractivity contribution >= 4 is 46.0 Å². The number of aromatic amines is 1. The first-order chi connectivity index (χ1) is 24.4. The topological polar surface area (TPSA) is 148 Å². The predicted octanol–water partition coefficient (Wildman–Crippen LogP) is 8.30. The fourth-order valence-electron chi connectivity index (χ4n) is 3.80. The van der Waals surface area contributed by atoms with E-state index in [4.69, 9.17) is 0 Å². The molecule has 282 valence electrons. The van der Waals surface area contributed by atoms with Gasteiger partial charge in [-0.1, -0.05) is 19.9 Å². The van der Waals surface area contributed by atoms with E-state index in [2.05, 4.69) is 46.3 Å². The average Bonchev–Trinajstić information content (AvgIpc) is 3.53. The first kappa shape index (κ1) is 44.9. The molecule has 0 saturated carbocycles. The fourth-order valence-corrected chi connectivity index (χ4v) is 4.52. The van der Waals surface area contributed by atoms with Crippen molar-refractivity contribution in [3.05, 3.63) is 89.5 Å². The van der Waals surface area contributed by atoms with Crippen LogP contribution in [0.15, 0.2) is 65.8 Å². The average molecular weight is 994 g/mol. The van der Waals surface area contributed by atoms with Crippen LogP contribution in [0.1, 0.15) is 41.9 Å². The number of ketones is 1. The van der Waals surface area contributed by atoms with Crippen LogP contribution in [-0.2, 0) is 16.1 Å². The molecule has 2 aromatic heterocycles. The van der Waals surface area contributed by atoms with Gasteiger partial charge >= 0.3 is 18.6 Å². The second-order valence-electron chi connectivity index (χ2n) is 10.4. The van der Waals surface area contributed by atoms with E-state index in [0.717, 1.165) is 47.3 Å². The maximum atomic E-state index is 14.6. The van der Waals surface area contributed by atoms with Crippen LogP contribution in [0.3, 0.4) is 0 Å². The monoisotopic (exact) mass is 993 g/mol. The molecular formula is C33H30F7N6O5SU-. The third kappa shape index (κ3) is 16.5. The van der Waals surface area contributed by atoms with Gasteiger partial charge in [-0.25, -0.2) is 14.2 Å². The number of aryl methyl sites for hydroxylation is 1. The number of thioether (sulfide) groups is 1. The molecule has 20 heteroatoms. The van der Waals surface area contributed by atoms with Crippen LogP contribution < -0.4 is 15.4 Å². The largest absolute Gasteiger partial charge is 0.573 e. The molecule has 53 heavy (non-hydrogen) atoms. The number of carbonyl (C=O) groups is 3. The van der Waals surface area contributed by atoms with Gasteiger partial charge in [0, 0.05) is 49.2 Å². The molecule has 0 aliphatic carbocycles. The Morgan fingerprint density at radius 2 is 1.77 bits per heavy atom. The number of nitrogens with zero attached hydrogens (tertiary/aromatic N) is 3. The minimum Gasteiger partial charge on any atom is -0.404 e. The van der Waals surface area contributed by atoms with Crippen molar-refractivity contribution in [3.63, 3.8) is 0 Å². The summed E-state index contributed by atoms with van der Waals surface area (Å²) in [7, 11) is 0. The molecule has 0 radical (unpaired) electrons. The maximum Gasteiger partial charge on any atom is 0.573 e. The molecule has 3 amide bonds. The van der Waals surface area contributed by atoms with E-state index in [-0.39, 0.29) is 66.5 Å². The van der Waals surface area contributed by atoms with Crippen molar-refractivity contribution in [1.82, 2.24) is 15.2 Å². The summed E-state index contributed by atoms with van der Waals surface area (Å²) < 4.78 is 94.7. The van der Waals surface area contributed by atoms with Gasteiger partial charge < -0.3 is 20.1 Å². The summed E-state index contributed by atoms with van der Waals surface area (Å²) in [6.45, 7) is 3.89. The number of urea groups is 1. The number of halogens is 7. The van der Waals surface area contributed by atoms with Gasteiger partial charge in [0.05, 0.1) is 35.0 Å². The number of aliphatic imine (C=N–C) groups is 1. The van der Waals surface area contributed by atoms with Gasteiger partial charge in [-0.05, 0) is 31.2 Å². The molecule has 4 aromatic rings. The van der Waals surface area contributed by atoms with Crippen LogP contribution in [0.25, 0.3) is 11.3 Å². The Labute approximate surface area is 326 Å². The summed E-state index contributed by atoms with van der Waals surface area (Å²) in [5.74, 6) is -1.85. The van der Waals surface area contributed by atoms with E-state index < -0.39 is 42.7 Å². The van der Waals surface area contributed by atoms with Gasteiger partial charge in [0.25, 0.3) is 5.91 Å². The summed E-state index contributed by atoms with van der Waals surface area (Å²) >= 11 is 1.11. The molecule has 0 saturated heterocycles. The van der Waals surface area contributed by atoms with Gasteiger partial charge in [-0.2, -0.15) is 53.1 Å². The zero-order chi connectivity index (χ0) is 38.5. The maximum absolute atomic E-state index is 14.6. The number of hydrogen-bond donors (Lipinski definition) is 3. The van der Waals surface area contributed by atoms with Crippen LogP contribution in [0, 0.1) is 49.9 Å². The molecule has 0 atom stereocenters. The van der Waals surface area contributed by atoms with Gasteiger partial charge in [-0.3, -0.25) is 14.7 Å². The number of benzene rings is 2. The number of Topliss-reactive ketones (excluding diaryl/α,β-unsaturated/α-hetero) is 1. The van der Waals surface area contributed by atoms with E-state index in [1.54, 1.807) is 32.0 Å². The SMILES string of the molecule is CCC(=O)CS/C(C)=N\C(=O)Nc1ccc(-c2cc(NC(=O)c3ccc(OC(F)(F)F)cn3)n[nH]2)cc1F.Cc1c[c-]ccc1COCC(F)(F)F.[U]. The summed E-state index contributed by atoms with van der Waals surface area (Å²) in [5.41, 5.74) is 1.99. The molecule has 0 bridgehead atoms. The van der Waals surface area contributed by atoms with Crippen molar-refractivity contribution in [2.24, 2.45) is 4.99 Å². The molecule has 11 nitrogen and oxygen atoms in total. The minimum atomic E-state index is -4.89. The van der Waals surface area contributed by atoms with Crippen molar-refractivity contribution in [3.8, 4) is 17.0 Å². The number of ether oxygens (including phenoxy) is 2. The standard InChI is InChI=1S/C23H20F4N6O4S.C10H10F3O.U/c1-3-14(34)11-38-12(2)29-22(36)30-17-6-4-13(8-16(17)24)19-9-20(33-32-19)31-21(35)18-7-5-15(10-28-18)37-23(25,26)27;1-8-4-2-3-5-9(8)6-14-7-10(11,12)13;/h4-10H,3,11H2,1-2H3,(H,30,36)(H2,31,32,33,35);3-5H,6-7H2,1H3;/q;-1;/b29-12-;;. The zero-order valence-electron chi connectivity index (χ0n) is 28.0. The Morgan fingerprint density at radius 3 is 2.38 bits per heavy atom. The summed E-state index contributed by atoms with van der Waals surface area (Å²) in [6.07, 6.45) is -8.01. The fraction of sp³-hybridized carbons (Fsp3) is 0.273. The van der Waals surface area contributed by atoms with Crippen molar-refractivity contribution in [2.75, 3.05) is 23.0 Å². The number of alkyl halides is 6. The van der Waals surface area contributed by atoms with Gasteiger partial charge in [-0.15, -0.1) is 30.5 Å². The van der Waals surface area contributed by atoms with Crippen LogP contribution in [0.4, 0.5) is 47.0 Å². The number of hydrogen-bond acceptors (Lipinski definition) is 8. The van der Waals surface area contributed by atoms with Crippen LogP contribution in [0.2, 0.25) is 0 Å². The number of H-pyrrole nitrogens is 1. The Morgan fingerprint density at radius 1 is 1.04 bits per heavy atom. The van der Waals surface area contributed by atoms with E-state index in [1.807, 2.05) is 6.92 Å². The Kier molecular flexibility index (Phi) is 17.7. The van der Waals surface area contributed by atoms with Crippen molar-refractivity contribution in [1.29, 1.82) is 0 Å². The van der Waals surface area contributed by atoms with E-state index in [1.165, 1.54) is 18.2 Å². The molecule has 4 rings (SSSR count). The predicted molar refractivity (Wildman–Crippen MR) is 178 cm³/mol. The summed E-state index contributed by atoms with van der Waals surface area (Å²) in [6, 6.07) is 14.4. The quantitative estimate of drug-likeness (QED) is 0.0589. The molecule has 0 unspecified atom stereocenters. The molecule has 0 aliphatic rings. The van der Waals surface area contributed by atoms with Crippen LogP contribution >= 0.6 is 11.8 Å². The molecule has 3 N–H and O–H groups in total. The third-order valence-corrected chi connectivity index (χ3v) is 7.32. The van der Waals surface area contributed by atoms with Gasteiger partial charge in [0.15, 0.2) is 5.82 Å². The number of nitrogens with one attached hydrogen (secondary N) is 3. The molecule has 0 spiro atoms. The normalized spacial score (nSPS) is 11.5. The number of carbonyl (C=O) groups excluding carboxylic acids is 3. The number of rotatable bonds is 11. The first-order valence-corrected chi connectivity index (χ1v) is 15.9. The Hall–Kier alpha value is -4.25. The molecule has 0 fully saturated rings. The van der Waals surface area contributed by atoms with E-state index >= 15 is 0 Å². The van der Waals surface area contributed by atoms with Crippen LogP contribution in [-0.4, -0.2) is 62.8 Å². The second-order valence-corrected chi connectivity index (χ2v) is 11.6. The number of pyridine rings is 1. The second kappa shape index (κ2) is 20.9. The van der Waals surface area contributed by atoms with Crippen molar-refractivity contribution in [2.45, 2.75) is 46.3 Å². The number of anilines is 2. The van der Waals surface area contributed by atoms with Gasteiger partial charge in [0.2, 0.25) is 0 Å². The minimum absolute atomic E-state index is 0. The Balaban J connectivity index is 0.000000545. The summed E-state index contributed by atoms with van der Waals surface area (Å²) in [5, 5.41) is 11.6. The number of amides is 3. The third-order valence-electron chi connectivity index (χ3n) is 6.35. The zero-order valence-corrected chi connectivity index (χ0v) is 33.0. The summed E-state index contributed by atoms with van der Waals surface area (Å²) in [4.78, 5) is 43.1. The molecule has 2 aromatic carbocycles. The molecule has 2 heterocycles. The molecule has 0 aliphatic heterocycles. The van der Waals surface area contributed by atoms with Crippen molar-refractivity contribution < 1.29 is 85.7 Å². The Bertz CT molecular complexity index is 1870. The number of aromatic nitrogens is 3. The van der Waals surface area contributed by atoms with Gasteiger partial charge in [0.1, 0.15) is 29.7 Å². The molecular weight excluding hydrogens is 963 g/mol. The smallest absolute Gasteiger partial charge is 0.404 e. The van der Waals surface area contributed by atoms with E-state index in [9.17, 15) is 45.1 Å². The van der Waals surface area contributed by atoms with Crippen LogP contribution in [0.5, 0.6) is 5.75 Å². The first-order valence-electron chi connectivity index (χ1n) is 14.9.